The zero-order chi connectivity index (χ0) is 21.4. The maximum absolute atomic E-state index is 5.78. The Balaban J connectivity index is 1.83. The molecule has 1 saturated heterocycles. The monoisotopic (exact) mass is 482 g/mol. The van der Waals surface area contributed by atoms with Gasteiger partial charge in [-0.15, -0.1) is 0 Å². The van der Waals surface area contributed by atoms with Crippen LogP contribution >= 0.6 is 28.1 Å². The van der Waals surface area contributed by atoms with Gasteiger partial charge in [0.2, 0.25) is 0 Å². The highest BCUT2D eigenvalue weighted by atomic mass is 79.9. The summed E-state index contributed by atoms with van der Waals surface area (Å²) < 4.78 is 3.41. The number of aryl methyl sites for hydroxylation is 1. The molecule has 2 atom stereocenters. The van der Waals surface area contributed by atoms with E-state index in [0.717, 1.165) is 27.5 Å². The van der Waals surface area contributed by atoms with Gasteiger partial charge in [0.25, 0.3) is 0 Å². The van der Waals surface area contributed by atoms with E-state index in [9.17, 15) is 0 Å². The molecule has 0 aliphatic carbocycles. The average molecular weight is 483 g/mol. The van der Waals surface area contributed by atoms with Crippen LogP contribution in [-0.2, 0) is 0 Å². The summed E-state index contributed by atoms with van der Waals surface area (Å²) in [7, 11) is 0. The lowest BCUT2D eigenvalue weighted by Gasteiger charge is -2.29. The molecule has 1 aliphatic rings. The van der Waals surface area contributed by atoms with Crippen molar-refractivity contribution in [3.63, 3.8) is 0 Å². The minimum Gasteiger partial charge on any atom is -0.352 e. The Morgan fingerprint density at radius 2 is 1.87 bits per heavy atom. The number of pyridine rings is 1. The lowest BCUT2D eigenvalue weighted by atomic mass is 9.96. The maximum atomic E-state index is 5.78. The van der Waals surface area contributed by atoms with E-state index in [1.807, 2.05) is 18.3 Å². The van der Waals surface area contributed by atoms with Gasteiger partial charge in [0.1, 0.15) is 0 Å². The predicted molar refractivity (Wildman–Crippen MR) is 130 cm³/mol. The van der Waals surface area contributed by atoms with E-state index in [1.54, 1.807) is 0 Å². The first-order valence-electron chi connectivity index (χ1n) is 10.3. The van der Waals surface area contributed by atoms with Gasteiger partial charge in [-0.1, -0.05) is 35.8 Å². The number of rotatable bonds is 5. The van der Waals surface area contributed by atoms with E-state index in [4.69, 9.17) is 12.2 Å². The molecule has 4 rings (SSSR count). The molecule has 0 saturated carbocycles. The molecule has 0 amide bonds. The first-order valence-corrected chi connectivity index (χ1v) is 11.5. The summed E-state index contributed by atoms with van der Waals surface area (Å²) in [6.45, 7) is 9.75. The van der Waals surface area contributed by atoms with E-state index in [1.165, 1.54) is 17.0 Å². The van der Waals surface area contributed by atoms with Gasteiger partial charge in [-0.05, 0) is 80.0 Å². The Bertz CT molecular complexity index is 1040. The van der Waals surface area contributed by atoms with Crippen LogP contribution < -0.4 is 5.32 Å². The van der Waals surface area contributed by atoms with E-state index >= 15 is 0 Å². The van der Waals surface area contributed by atoms with Gasteiger partial charge in [-0.3, -0.25) is 4.98 Å². The molecule has 1 N–H and O–H groups in total. The highest BCUT2D eigenvalue weighted by Crippen LogP contribution is 2.41. The third-order valence-electron chi connectivity index (χ3n) is 5.63. The average Bonchev–Trinajstić information content (AvgIpc) is 3.19. The van der Waals surface area contributed by atoms with E-state index in [-0.39, 0.29) is 12.1 Å². The van der Waals surface area contributed by atoms with Crippen LogP contribution in [0.15, 0.2) is 59.2 Å². The van der Waals surface area contributed by atoms with Crippen LogP contribution in [-0.4, -0.2) is 26.1 Å². The van der Waals surface area contributed by atoms with Gasteiger partial charge in [0.15, 0.2) is 5.11 Å². The van der Waals surface area contributed by atoms with E-state index in [0.29, 0.717) is 5.92 Å². The van der Waals surface area contributed by atoms with Crippen molar-refractivity contribution >= 4 is 33.3 Å². The van der Waals surface area contributed by atoms with E-state index < -0.39 is 0 Å². The molecule has 0 unspecified atom stereocenters. The Morgan fingerprint density at radius 1 is 1.13 bits per heavy atom. The summed E-state index contributed by atoms with van der Waals surface area (Å²) >= 11 is 9.32. The number of nitrogens with zero attached hydrogens (tertiary/aromatic N) is 3. The first-order chi connectivity index (χ1) is 14.4. The number of nitrogens with one attached hydrogen (secondary N) is 1. The molecular weight excluding hydrogens is 456 g/mol. The Hall–Kier alpha value is -2.18. The summed E-state index contributed by atoms with van der Waals surface area (Å²) in [6, 6.07) is 17.0. The van der Waals surface area contributed by atoms with Crippen LogP contribution in [0.4, 0.5) is 0 Å². The van der Waals surface area contributed by atoms with E-state index in [2.05, 4.69) is 99.8 Å². The van der Waals surface area contributed by atoms with Crippen molar-refractivity contribution in [1.82, 2.24) is 19.8 Å². The molecule has 2 aromatic heterocycles. The Morgan fingerprint density at radius 3 is 2.50 bits per heavy atom. The summed E-state index contributed by atoms with van der Waals surface area (Å²) in [4.78, 5) is 6.99. The van der Waals surface area contributed by atoms with Crippen molar-refractivity contribution in [3.05, 3.63) is 81.8 Å². The molecule has 0 spiro atoms. The van der Waals surface area contributed by atoms with Gasteiger partial charge >= 0.3 is 0 Å². The molecule has 1 aliphatic heterocycles. The Kier molecular flexibility index (Phi) is 5.98. The molecular formula is C24H27BrN4S. The predicted octanol–water partition coefficient (Wildman–Crippen LogP) is 5.88. The third kappa shape index (κ3) is 3.91. The van der Waals surface area contributed by atoms with Crippen molar-refractivity contribution in [2.24, 2.45) is 5.92 Å². The standard InChI is InChI=1S/C24H27BrN4S/c1-15(2)14-28-23(22(27-24(28)30)21-7-5-6-12-26-21)20-13-16(3)29(17(20)4)19-10-8-18(25)9-11-19/h5-13,15,22-23H,14H2,1-4H3,(H,27,30)/t22-,23+/m0/s1. The van der Waals surface area contributed by atoms with Gasteiger partial charge in [-0.25, -0.2) is 0 Å². The SMILES string of the molecule is Cc1cc([C@@H]2[C@H](c3ccccn3)NC(=S)N2CC(C)C)c(C)n1-c1ccc(Br)cc1. The summed E-state index contributed by atoms with van der Waals surface area (Å²) in [5, 5.41) is 4.36. The van der Waals surface area contributed by atoms with Crippen LogP contribution in [0, 0.1) is 19.8 Å². The minimum absolute atomic E-state index is 0.0244. The quantitative estimate of drug-likeness (QED) is 0.460. The highest BCUT2D eigenvalue weighted by Gasteiger charge is 2.41. The van der Waals surface area contributed by atoms with Crippen LogP contribution in [0.5, 0.6) is 0 Å². The smallest absolute Gasteiger partial charge is 0.170 e. The largest absolute Gasteiger partial charge is 0.352 e. The number of hydrogen-bond donors (Lipinski definition) is 1. The van der Waals surface area contributed by atoms with Crippen LogP contribution in [0.1, 0.15) is 48.6 Å². The summed E-state index contributed by atoms with van der Waals surface area (Å²) in [5.74, 6) is 0.504. The van der Waals surface area contributed by atoms with Crippen molar-refractivity contribution in [2.75, 3.05) is 6.54 Å². The lowest BCUT2D eigenvalue weighted by molar-refractivity contribution is 0.287. The highest BCUT2D eigenvalue weighted by molar-refractivity contribution is 9.10. The lowest BCUT2D eigenvalue weighted by Crippen LogP contribution is -2.33. The van der Waals surface area contributed by atoms with Crippen LogP contribution in [0.25, 0.3) is 5.69 Å². The zero-order valence-electron chi connectivity index (χ0n) is 17.8. The normalized spacial score (nSPS) is 18.9. The van der Waals surface area contributed by atoms with Crippen molar-refractivity contribution < 1.29 is 0 Å². The van der Waals surface area contributed by atoms with Gasteiger partial charge in [-0.2, -0.15) is 0 Å². The minimum atomic E-state index is 0.0244. The second kappa shape index (κ2) is 8.52. The van der Waals surface area contributed by atoms with Gasteiger partial charge in [0, 0.05) is 34.3 Å². The van der Waals surface area contributed by atoms with Crippen LogP contribution in [0.2, 0.25) is 0 Å². The van der Waals surface area contributed by atoms with Gasteiger partial charge < -0.3 is 14.8 Å². The fourth-order valence-electron chi connectivity index (χ4n) is 4.41. The fraction of sp³-hybridized carbons (Fsp3) is 0.333. The number of thiocarbonyl (C=S) groups is 1. The molecule has 6 heteroatoms. The van der Waals surface area contributed by atoms with Crippen molar-refractivity contribution in [2.45, 2.75) is 39.8 Å². The number of aromatic nitrogens is 2. The van der Waals surface area contributed by atoms with Crippen LogP contribution in [0.3, 0.4) is 0 Å². The molecule has 156 valence electrons. The molecule has 4 nitrogen and oxygen atoms in total. The fourth-order valence-corrected chi connectivity index (χ4v) is 4.99. The maximum Gasteiger partial charge on any atom is 0.170 e. The molecule has 1 fully saturated rings. The number of hydrogen-bond acceptors (Lipinski definition) is 2. The number of halogens is 1. The summed E-state index contributed by atoms with van der Waals surface area (Å²) in [6.07, 6.45) is 1.85. The molecule has 30 heavy (non-hydrogen) atoms. The van der Waals surface area contributed by atoms with Crippen molar-refractivity contribution in [3.8, 4) is 5.69 Å². The number of benzene rings is 1. The Labute approximate surface area is 192 Å². The molecule has 0 radical (unpaired) electrons. The molecule has 1 aromatic carbocycles. The second-order valence-electron chi connectivity index (χ2n) is 8.31. The van der Waals surface area contributed by atoms with Crippen molar-refractivity contribution in [1.29, 1.82) is 0 Å². The summed E-state index contributed by atoms with van der Waals surface area (Å²) in [5.41, 5.74) is 5.93. The third-order valence-corrected chi connectivity index (χ3v) is 6.51. The molecule has 0 bridgehead atoms. The second-order valence-corrected chi connectivity index (χ2v) is 9.61. The first kappa shape index (κ1) is 21.1. The molecule has 3 aromatic rings. The zero-order valence-corrected chi connectivity index (χ0v) is 20.2. The molecule has 3 heterocycles. The topological polar surface area (TPSA) is 33.1 Å². The van der Waals surface area contributed by atoms with Gasteiger partial charge in [0.05, 0.1) is 17.8 Å².